The molecule has 0 atom stereocenters. The molecule has 1 radical (unpaired) electrons. The monoisotopic (exact) mass is 465 g/mol. The van der Waals surface area contributed by atoms with Crippen LogP contribution in [0.1, 0.15) is 79.1 Å². The van der Waals surface area contributed by atoms with Crippen molar-refractivity contribution in [3.63, 3.8) is 0 Å². The number of rotatable bonds is 12. The summed E-state index contributed by atoms with van der Waals surface area (Å²) >= 11 is 0. The molecule has 0 fully saturated rings. The van der Waals surface area contributed by atoms with Gasteiger partial charge in [-0.05, 0) is 25.7 Å². The van der Waals surface area contributed by atoms with E-state index in [9.17, 15) is 0 Å². The molecule has 0 rings (SSSR count). The van der Waals surface area contributed by atoms with Gasteiger partial charge in [0.1, 0.15) is 0 Å². The summed E-state index contributed by atoms with van der Waals surface area (Å²) in [6.07, 6.45) is 11.1. The van der Waals surface area contributed by atoms with Crippen LogP contribution in [0, 0.1) is 0 Å². The van der Waals surface area contributed by atoms with Crippen LogP contribution in [0.5, 0.6) is 0 Å². The summed E-state index contributed by atoms with van der Waals surface area (Å²) in [6, 6.07) is 0. The van der Waals surface area contributed by atoms with Crippen molar-refractivity contribution in [2.24, 2.45) is 0 Å². The number of halogens is 2. The molecule has 0 spiro atoms. The van der Waals surface area contributed by atoms with Gasteiger partial charge in [0.15, 0.2) is 0 Å². The normalized spacial score (nSPS) is 10.2. The first-order valence-electron chi connectivity index (χ1n) is 8.09. The van der Waals surface area contributed by atoms with Gasteiger partial charge in [-0.3, -0.25) is 0 Å². The third kappa shape index (κ3) is 14.4. The molecule has 20 heavy (non-hydrogen) atoms. The van der Waals surface area contributed by atoms with E-state index >= 15 is 0 Å². The van der Waals surface area contributed by atoms with Crippen LogP contribution in [0.4, 0.5) is 0 Å². The first kappa shape index (κ1) is 29.5. The molecule has 0 saturated heterocycles. The number of hydrogen-bond acceptors (Lipinski definition) is 0. The summed E-state index contributed by atoms with van der Waals surface area (Å²) in [5, 5.41) is 0. The molecule has 0 aliphatic carbocycles. The SMILES string of the molecule is Br.Br.CCCC[N+](CCCC)(CCCC)CCCC.[Cu]. The molecular formula is C16H38Br2CuN+. The zero-order valence-corrected chi connectivity index (χ0v) is 18.4. The maximum atomic E-state index is 2.33. The zero-order valence-electron chi connectivity index (χ0n) is 14.1. The minimum Gasteiger partial charge on any atom is -0.324 e. The van der Waals surface area contributed by atoms with E-state index < -0.39 is 0 Å². The van der Waals surface area contributed by atoms with Gasteiger partial charge in [0.2, 0.25) is 0 Å². The van der Waals surface area contributed by atoms with Crippen LogP contribution in [0.3, 0.4) is 0 Å². The van der Waals surface area contributed by atoms with Crippen LogP contribution in [0.15, 0.2) is 0 Å². The number of hydrogen-bond donors (Lipinski definition) is 0. The van der Waals surface area contributed by atoms with Gasteiger partial charge >= 0.3 is 0 Å². The summed E-state index contributed by atoms with van der Waals surface area (Å²) < 4.78 is 1.42. The molecule has 0 bridgehead atoms. The second-order valence-electron chi connectivity index (χ2n) is 5.65. The van der Waals surface area contributed by atoms with Gasteiger partial charge in [-0.15, -0.1) is 34.0 Å². The fourth-order valence-electron chi connectivity index (χ4n) is 2.64. The number of quaternary nitrogens is 1. The maximum absolute atomic E-state index is 2.33. The first-order chi connectivity index (χ1) is 8.24. The van der Waals surface area contributed by atoms with Crippen molar-refractivity contribution in [3.8, 4) is 0 Å². The topological polar surface area (TPSA) is 0 Å². The van der Waals surface area contributed by atoms with Crippen LogP contribution >= 0.6 is 34.0 Å². The van der Waals surface area contributed by atoms with Gasteiger partial charge in [-0.25, -0.2) is 0 Å². The average molecular weight is 468 g/mol. The molecule has 0 aromatic heterocycles. The second-order valence-corrected chi connectivity index (χ2v) is 5.65. The van der Waals surface area contributed by atoms with E-state index in [-0.39, 0.29) is 51.0 Å². The zero-order chi connectivity index (χ0) is 13.0. The molecule has 0 aliphatic rings. The molecule has 1 nitrogen and oxygen atoms in total. The third-order valence-corrected chi connectivity index (χ3v) is 3.94. The Morgan fingerprint density at radius 1 is 0.500 bits per heavy atom. The van der Waals surface area contributed by atoms with Crippen LogP contribution in [0.2, 0.25) is 0 Å². The molecule has 0 saturated carbocycles. The van der Waals surface area contributed by atoms with E-state index in [1.54, 1.807) is 0 Å². The van der Waals surface area contributed by atoms with Crippen molar-refractivity contribution in [1.29, 1.82) is 0 Å². The molecule has 0 aliphatic heterocycles. The fourth-order valence-corrected chi connectivity index (χ4v) is 2.64. The average Bonchev–Trinajstić information content (AvgIpc) is 2.37. The quantitative estimate of drug-likeness (QED) is 0.238. The van der Waals surface area contributed by atoms with Crippen LogP contribution in [0.25, 0.3) is 0 Å². The van der Waals surface area contributed by atoms with Crippen molar-refractivity contribution < 1.29 is 21.6 Å². The van der Waals surface area contributed by atoms with Gasteiger partial charge in [0.25, 0.3) is 0 Å². The Kier molecular flexibility index (Phi) is 30.1. The Bertz CT molecular complexity index is 131. The van der Waals surface area contributed by atoms with E-state index in [0.29, 0.717) is 0 Å². The minimum atomic E-state index is 0. The van der Waals surface area contributed by atoms with Gasteiger partial charge in [-0.1, -0.05) is 53.4 Å². The number of nitrogens with zero attached hydrogens (tertiary/aromatic N) is 1. The Morgan fingerprint density at radius 3 is 0.850 bits per heavy atom. The molecule has 4 heteroatoms. The van der Waals surface area contributed by atoms with Crippen LogP contribution in [-0.4, -0.2) is 30.7 Å². The predicted octanol–water partition coefficient (Wildman–Crippen LogP) is 6.16. The molecule has 0 aromatic rings. The largest absolute Gasteiger partial charge is 0.324 e. The van der Waals surface area contributed by atoms with Gasteiger partial charge in [0.05, 0.1) is 26.2 Å². The van der Waals surface area contributed by atoms with E-state index in [4.69, 9.17) is 0 Å². The van der Waals surface area contributed by atoms with Crippen molar-refractivity contribution in [2.45, 2.75) is 79.1 Å². The molecule has 0 unspecified atom stereocenters. The van der Waals surface area contributed by atoms with Gasteiger partial charge in [-0.2, -0.15) is 0 Å². The third-order valence-electron chi connectivity index (χ3n) is 3.94. The Labute approximate surface area is 160 Å². The van der Waals surface area contributed by atoms with E-state index in [1.807, 2.05) is 0 Å². The minimum absolute atomic E-state index is 0. The van der Waals surface area contributed by atoms with E-state index in [1.165, 1.54) is 82.0 Å². The first-order valence-corrected chi connectivity index (χ1v) is 8.09. The van der Waals surface area contributed by atoms with Crippen molar-refractivity contribution in [2.75, 3.05) is 26.2 Å². The molecule has 0 N–H and O–H groups in total. The summed E-state index contributed by atoms with van der Waals surface area (Å²) in [5.74, 6) is 0. The predicted molar refractivity (Wildman–Crippen MR) is 100 cm³/mol. The maximum Gasteiger partial charge on any atom is 0.0786 e. The molecule has 131 valence electrons. The summed E-state index contributed by atoms with van der Waals surface area (Å²) in [7, 11) is 0. The van der Waals surface area contributed by atoms with Crippen molar-refractivity contribution in [3.05, 3.63) is 0 Å². The van der Waals surface area contributed by atoms with Crippen molar-refractivity contribution in [1.82, 2.24) is 0 Å². The second kappa shape index (κ2) is 20.4. The smallest absolute Gasteiger partial charge is 0.0786 e. The molecule has 0 heterocycles. The molecular weight excluding hydrogens is 430 g/mol. The fraction of sp³-hybridized carbons (Fsp3) is 1.00. The van der Waals surface area contributed by atoms with Crippen LogP contribution in [-0.2, 0) is 17.1 Å². The Balaban J connectivity index is -0.000000427. The molecule has 0 aromatic carbocycles. The van der Waals surface area contributed by atoms with E-state index in [0.717, 1.165) is 0 Å². The van der Waals surface area contributed by atoms with E-state index in [2.05, 4.69) is 27.7 Å². The Morgan fingerprint density at radius 2 is 0.700 bits per heavy atom. The number of unbranched alkanes of at least 4 members (excludes halogenated alkanes) is 4. The molecule has 0 amide bonds. The summed E-state index contributed by atoms with van der Waals surface area (Å²) in [5.41, 5.74) is 0. The summed E-state index contributed by atoms with van der Waals surface area (Å²) in [6.45, 7) is 15.0. The van der Waals surface area contributed by atoms with Gasteiger partial charge < -0.3 is 4.48 Å². The summed E-state index contributed by atoms with van der Waals surface area (Å²) in [4.78, 5) is 0. The van der Waals surface area contributed by atoms with Gasteiger partial charge in [0, 0.05) is 17.1 Å². The standard InChI is InChI=1S/C16H36N.2BrH.Cu/c1-5-9-13-17(14-10-6-2,15-11-7-3)16-12-8-4;;;/h5-16H2,1-4H3;2*1H;/q+1;;;. The van der Waals surface area contributed by atoms with Crippen LogP contribution < -0.4 is 0 Å². The Hall–Kier alpha value is 1.44. The van der Waals surface area contributed by atoms with Crippen molar-refractivity contribution >= 4 is 34.0 Å².